The topological polar surface area (TPSA) is 124 Å². The van der Waals surface area contributed by atoms with Gasteiger partial charge in [0, 0.05) is 30.6 Å². The first-order valence-corrected chi connectivity index (χ1v) is 12.4. The van der Waals surface area contributed by atoms with Crippen molar-refractivity contribution in [2.45, 2.75) is 71.1 Å². The van der Waals surface area contributed by atoms with Gasteiger partial charge < -0.3 is 14.9 Å². The predicted octanol–water partition coefficient (Wildman–Crippen LogP) is 3.37. The van der Waals surface area contributed by atoms with Crippen LogP contribution in [0.25, 0.3) is 0 Å². The molecule has 2 fully saturated rings. The molecule has 0 bridgehead atoms. The average molecular weight is 555 g/mol. The van der Waals surface area contributed by atoms with Gasteiger partial charge in [-0.3, -0.25) is 14.4 Å². The number of carbonyl (C=O) groups is 3. The molecule has 0 radical (unpaired) electrons. The van der Waals surface area contributed by atoms with E-state index in [-0.39, 0.29) is 35.7 Å². The van der Waals surface area contributed by atoms with Gasteiger partial charge >= 0.3 is 12.1 Å². The number of H-pyrrole nitrogens is 1. The maximum atomic E-state index is 14.6. The zero-order valence-corrected chi connectivity index (χ0v) is 21.8. The van der Waals surface area contributed by atoms with Gasteiger partial charge in [-0.1, -0.05) is 18.9 Å². The van der Waals surface area contributed by atoms with E-state index in [0.29, 0.717) is 29.8 Å². The monoisotopic (exact) mass is 554 g/mol. The lowest BCUT2D eigenvalue weighted by molar-refractivity contribution is -0.192. The van der Waals surface area contributed by atoms with Gasteiger partial charge in [0.1, 0.15) is 12.4 Å². The Morgan fingerprint density at radius 2 is 1.74 bits per heavy atom. The fraction of sp³-hybridized carbons (Fsp3) is 0.500. The van der Waals surface area contributed by atoms with E-state index in [1.807, 2.05) is 18.7 Å². The minimum atomic E-state index is -5.08. The van der Waals surface area contributed by atoms with Crippen LogP contribution in [0.4, 0.5) is 17.6 Å². The number of halogens is 4. The van der Waals surface area contributed by atoms with Crippen LogP contribution >= 0.6 is 0 Å². The number of carbonyl (C=O) groups excluding carboxylic acids is 2. The van der Waals surface area contributed by atoms with Gasteiger partial charge in [-0.25, -0.2) is 14.3 Å². The molecule has 1 aromatic heterocycles. The van der Waals surface area contributed by atoms with Gasteiger partial charge in [0.05, 0.1) is 11.3 Å². The standard InChI is InChI=1S/C24H29FN4O3.C2HF3O2/c1-14-12-28(13-22(30)29(14)18-6-4-5-7-18)24(32)19-10-17(8-9-20(19)25)11-21-15(2)16(3)23(31)27-26-21;3-2(4,5)1(6)7/h8-10,14,18H,4-7,11-13H2,1-3H3,(H,27,31);(H,6,7). The second-order valence-electron chi connectivity index (χ2n) is 9.82. The van der Waals surface area contributed by atoms with Crippen LogP contribution in [0.15, 0.2) is 23.0 Å². The number of piperazine rings is 1. The van der Waals surface area contributed by atoms with Gasteiger partial charge in [0.25, 0.3) is 11.5 Å². The lowest BCUT2D eigenvalue weighted by atomic mass is 10.0. The first-order valence-electron chi connectivity index (χ1n) is 12.4. The van der Waals surface area contributed by atoms with E-state index in [2.05, 4.69) is 10.2 Å². The minimum Gasteiger partial charge on any atom is -0.475 e. The molecule has 13 heteroatoms. The molecule has 4 rings (SSSR count). The fourth-order valence-corrected chi connectivity index (χ4v) is 4.92. The van der Waals surface area contributed by atoms with E-state index in [4.69, 9.17) is 9.90 Å². The summed E-state index contributed by atoms with van der Waals surface area (Å²) in [6.45, 7) is 5.87. The molecule has 1 atom stereocenters. The number of hydrogen-bond acceptors (Lipinski definition) is 5. The largest absolute Gasteiger partial charge is 0.490 e. The SMILES string of the molecule is Cc1c(Cc2ccc(F)c(C(=O)N3CC(=O)N(C4CCCC4)C(C)C3)c2)n[nH]c(=O)c1C.O=C(O)C(F)(F)F. The van der Waals surface area contributed by atoms with E-state index in [1.54, 1.807) is 13.0 Å². The third-order valence-corrected chi connectivity index (χ3v) is 7.08. The van der Waals surface area contributed by atoms with Crippen LogP contribution < -0.4 is 5.56 Å². The molecule has 2 heterocycles. The van der Waals surface area contributed by atoms with Gasteiger partial charge in [0.2, 0.25) is 5.91 Å². The molecule has 1 aliphatic heterocycles. The maximum Gasteiger partial charge on any atom is 0.490 e. The van der Waals surface area contributed by atoms with Crippen molar-refractivity contribution in [1.29, 1.82) is 0 Å². The Morgan fingerprint density at radius 1 is 1.13 bits per heavy atom. The van der Waals surface area contributed by atoms with Gasteiger partial charge in [-0.15, -0.1) is 0 Å². The fourth-order valence-electron chi connectivity index (χ4n) is 4.92. The summed E-state index contributed by atoms with van der Waals surface area (Å²) in [5, 5.41) is 13.7. The van der Waals surface area contributed by atoms with Crippen LogP contribution in [-0.2, 0) is 16.0 Å². The van der Waals surface area contributed by atoms with Gasteiger partial charge in [0.15, 0.2) is 0 Å². The molecule has 2 amide bonds. The second kappa shape index (κ2) is 12.0. The van der Waals surface area contributed by atoms with Gasteiger partial charge in [-0.2, -0.15) is 18.3 Å². The molecule has 1 aromatic carbocycles. The number of nitrogens with one attached hydrogen (secondary N) is 1. The molecular weight excluding hydrogens is 524 g/mol. The van der Waals surface area contributed by atoms with Crippen LogP contribution in [0.3, 0.4) is 0 Å². The summed E-state index contributed by atoms with van der Waals surface area (Å²) in [4.78, 5) is 50.0. The molecule has 2 N–H and O–H groups in total. The summed E-state index contributed by atoms with van der Waals surface area (Å²) < 4.78 is 46.4. The minimum absolute atomic E-state index is 0.0247. The van der Waals surface area contributed by atoms with Crippen LogP contribution in [0.1, 0.15) is 65.3 Å². The smallest absolute Gasteiger partial charge is 0.475 e. The normalized spacial score (nSPS) is 18.1. The maximum absolute atomic E-state index is 14.6. The summed E-state index contributed by atoms with van der Waals surface area (Å²) in [6, 6.07) is 4.57. The second-order valence-corrected chi connectivity index (χ2v) is 9.82. The molecule has 39 heavy (non-hydrogen) atoms. The Kier molecular flexibility index (Phi) is 9.13. The molecule has 2 aliphatic rings. The van der Waals surface area contributed by atoms with Crippen LogP contribution in [0.2, 0.25) is 0 Å². The molecule has 212 valence electrons. The number of carboxylic acids is 1. The van der Waals surface area contributed by atoms with Crippen molar-refractivity contribution in [3.8, 4) is 0 Å². The molecule has 1 saturated carbocycles. The van der Waals surface area contributed by atoms with Crippen LogP contribution in [-0.4, -0.2) is 74.2 Å². The van der Waals surface area contributed by atoms with Crippen molar-refractivity contribution in [1.82, 2.24) is 20.0 Å². The highest BCUT2D eigenvalue weighted by molar-refractivity contribution is 5.97. The highest BCUT2D eigenvalue weighted by Crippen LogP contribution is 2.28. The summed E-state index contributed by atoms with van der Waals surface area (Å²) >= 11 is 0. The van der Waals surface area contributed by atoms with Crippen molar-refractivity contribution >= 4 is 17.8 Å². The molecule has 9 nitrogen and oxygen atoms in total. The van der Waals surface area contributed by atoms with Crippen molar-refractivity contribution in [3.05, 3.63) is 62.3 Å². The zero-order valence-electron chi connectivity index (χ0n) is 21.8. The number of aromatic nitrogens is 2. The lowest BCUT2D eigenvalue weighted by Gasteiger charge is -2.42. The number of nitrogens with zero attached hydrogens (tertiary/aromatic N) is 3. The summed E-state index contributed by atoms with van der Waals surface area (Å²) in [5.41, 5.74) is 2.45. The molecule has 1 unspecified atom stereocenters. The Morgan fingerprint density at radius 3 is 2.31 bits per heavy atom. The third-order valence-electron chi connectivity index (χ3n) is 7.08. The van der Waals surface area contributed by atoms with Crippen molar-refractivity contribution in [2.75, 3.05) is 13.1 Å². The Labute approximate surface area is 221 Å². The van der Waals surface area contributed by atoms with E-state index < -0.39 is 23.9 Å². The average Bonchev–Trinajstić information content (AvgIpc) is 3.39. The molecule has 1 aliphatic carbocycles. The first-order chi connectivity index (χ1) is 18.2. The number of hydrogen-bond donors (Lipinski definition) is 2. The van der Waals surface area contributed by atoms with Crippen molar-refractivity contribution < 1.29 is 37.1 Å². The highest BCUT2D eigenvalue weighted by atomic mass is 19.4. The molecular formula is C26H30F4N4O5. The molecule has 2 aromatic rings. The number of carboxylic acid groups (broad SMARTS) is 1. The summed E-state index contributed by atoms with van der Waals surface area (Å²) in [6.07, 6.45) is -0.443. The first kappa shape index (κ1) is 29.8. The van der Waals surface area contributed by atoms with E-state index in [0.717, 1.165) is 31.2 Å². The number of rotatable bonds is 4. The van der Waals surface area contributed by atoms with E-state index in [9.17, 15) is 31.9 Å². The van der Waals surface area contributed by atoms with E-state index >= 15 is 0 Å². The van der Waals surface area contributed by atoms with Gasteiger partial charge in [-0.05, 0) is 56.9 Å². The number of amides is 2. The third kappa shape index (κ3) is 7.01. The Balaban J connectivity index is 0.000000532. The van der Waals surface area contributed by atoms with Crippen molar-refractivity contribution in [3.63, 3.8) is 0 Å². The number of aliphatic carboxylic acids is 1. The Bertz CT molecular complexity index is 1300. The van der Waals surface area contributed by atoms with Crippen LogP contribution in [0, 0.1) is 19.7 Å². The quantitative estimate of drug-likeness (QED) is 0.559. The number of benzene rings is 1. The molecule has 0 spiro atoms. The molecule has 1 saturated heterocycles. The zero-order chi connectivity index (χ0) is 29.1. The van der Waals surface area contributed by atoms with E-state index in [1.165, 1.54) is 17.0 Å². The highest BCUT2D eigenvalue weighted by Gasteiger charge is 2.39. The number of alkyl halides is 3. The predicted molar refractivity (Wildman–Crippen MR) is 132 cm³/mol. The van der Waals surface area contributed by atoms with Crippen LogP contribution in [0.5, 0.6) is 0 Å². The number of aromatic amines is 1. The van der Waals surface area contributed by atoms with Crippen molar-refractivity contribution in [2.24, 2.45) is 0 Å². The Hall–Kier alpha value is -3.77. The summed E-state index contributed by atoms with van der Waals surface area (Å²) in [5.74, 6) is -3.91. The lowest BCUT2D eigenvalue weighted by Crippen LogP contribution is -2.59. The summed E-state index contributed by atoms with van der Waals surface area (Å²) in [7, 11) is 0.